The van der Waals surface area contributed by atoms with Gasteiger partial charge in [-0.1, -0.05) is 0 Å². The van der Waals surface area contributed by atoms with Gasteiger partial charge in [0, 0.05) is 0 Å². The molecule has 0 saturated heterocycles. The summed E-state index contributed by atoms with van der Waals surface area (Å²) in [5.74, 6) is -0.365. The zero-order chi connectivity index (χ0) is 11.5. The minimum absolute atomic E-state index is 0.0668. The van der Waals surface area contributed by atoms with Gasteiger partial charge in [-0.15, -0.1) is 11.3 Å². The van der Waals surface area contributed by atoms with Crippen molar-refractivity contribution in [3.63, 3.8) is 0 Å². The van der Waals surface area contributed by atoms with Crippen molar-refractivity contribution in [1.29, 1.82) is 0 Å². The highest BCUT2D eigenvalue weighted by atomic mass is 32.1. The number of hydrogen-bond acceptors (Lipinski definition) is 7. The Bertz CT molecular complexity index is 506. The molecule has 84 valence electrons. The lowest BCUT2D eigenvalue weighted by Crippen LogP contribution is -2.06. The normalized spacial score (nSPS) is 10.4. The Morgan fingerprint density at radius 2 is 2.44 bits per heavy atom. The molecule has 7 heteroatoms. The Labute approximate surface area is 95.3 Å². The van der Waals surface area contributed by atoms with Crippen molar-refractivity contribution in [3.8, 4) is 10.8 Å². The van der Waals surface area contributed by atoms with Crippen molar-refractivity contribution in [2.75, 3.05) is 6.61 Å². The van der Waals surface area contributed by atoms with Gasteiger partial charge in [-0.2, -0.15) is 4.98 Å². The third kappa shape index (κ3) is 2.08. The summed E-state index contributed by atoms with van der Waals surface area (Å²) in [6.45, 7) is 3.87. The highest BCUT2D eigenvalue weighted by Gasteiger charge is 2.17. The highest BCUT2D eigenvalue weighted by molar-refractivity contribution is 7.14. The smallest absolute Gasteiger partial charge is 0.379 e. The number of aryl methyl sites for hydroxylation is 1. The van der Waals surface area contributed by atoms with Crippen LogP contribution in [-0.2, 0) is 4.74 Å². The van der Waals surface area contributed by atoms with Crippen LogP contribution in [0.3, 0.4) is 0 Å². The average Bonchev–Trinajstić information content (AvgIpc) is 2.85. The second kappa shape index (κ2) is 4.40. The van der Waals surface area contributed by atoms with Crippen molar-refractivity contribution in [2.24, 2.45) is 0 Å². The Morgan fingerprint density at radius 3 is 3.06 bits per heavy atom. The Morgan fingerprint density at radius 1 is 1.62 bits per heavy atom. The van der Waals surface area contributed by atoms with Gasteiger partial charge in [-0.3, -0.25) is 0 Å². The number of carbonyl (C=O) groups excluding carboxylic acids is 1. The summed E-state index contributed by atoms with van der Waals surface area (Å²) in [5.41, 5.74) is 0. The fraction of sp³-hybridized carbons (Fsp3) is 0.333. The molecule has 0 atom stereocenters. The van der Waals surface area contributed by atoms with E-state index in [1.807, 2.05) is 6.92 Å². The van der Waals surface area contributed by atoms with E-state index >= 15 is 0 Å². The fourth-order valence-electron chi connectivity index (χ4n) is 1.06. The Balaban J connectivity index is 2.22. The lowest BCUT2D eigenvalue weighted by atomic mass is 10.5. The van der Waals surface area contributed by atoms with E-state index in [0.29, 0.717) is 0 Å². The molecule has 0 amide bonds. The van der Waals surface area contributed by atoms with Crippen LogP contribution in [0.1, 0.15) is 22.6 Å². The number of ether oxygens (including phenoxy) is 1. The number of esters is 1. The molecule has 0 radical (unpaired) electrons. The van der Waals surface area contributed by atoms with Crippen molar-refractivity contribution < 1.29 is 14.1 Å². The lowest BCUT2D eigenvalue weighted by Gasteiger charge is -1.93. The van der Waals surface area contributed by atoms with E-state index in [1.165, 1.54) is 11.3 Å². The van der Waals surface area contributed by atoms with Crippen LogP contribution >= 0.6 is 11.3 Å². The van der Waals surface area contributed by atoms with Gasteiger partial charge in [0.25, 0.3) is 11.7 Å². The van der Waals surface area contributed by atoms with Crippen LogP contribution in [0.5, 0.6) is 0 Å². The van der Waals surface area contributed by atoms with Crippen molar-refractivity contribution in [1.82, 2.24) is 15.1 Å². The van der Waals surface area contributed by atoms with Gasteiger partial charge in [0.2, 0.25) is 0 Å². The topological polar surface area (TPSA) is 78.1 Å². The molecule has 0 aliphatic rings. The number of aromatic nitrogens is 3. The summed E-state index contributed by atoms with van der Waals surface area (Å²) in [7, 11) is 0. The maximum Gasteiger partial charge on any atom is 0.379 e. The zero-order valence-electron chi connectivity index (χ0n) is 8.76. The molecule has 0 aromatic carbocycles. The molecule has 2 heterocycles. The van der Waals surface area contributed by atoms with E-state index in [0.717, 1.165) is 9.88 Å². The van der Waals surface area contributed by atoms with Crippen LogP contribution in [-0.4, -0.2) is 27.7 Å². The molecular weight excluding hydrogens is 230 g/mol. The van der Waals surface area contributed by atoms with Crippen LogP contribution in [0.15, 0.2) is 10.7 Å². The zero-order valence-corrected chi connectivity index (χ0v) is 9.58. The molecule has 0 fully saturated rings. The second-order valence-electron chi connectivity index (χ2n) is 2.89. The monoisotopic (exact) mass is 239 g/mol. The second-order valence-corrected chi connectivity index (χ2v) is 4.12. The first-order chi connectivity index (χ1) is 7.70. The predicted octanol–water partition coefficient (Wildman–Crippen LogP) is 1.68. The molecule has 0 saturated carbocycles. The molecule has 0 aliphatic heterocycles. The van der Waals surface area contributed by atoms with E-state index in [4.69, 9.17) is 9.26 Å². The van der Waals surface area contributed by atoms with Gasteiger partial charge in [0.15, 0.2) is 0 Å². The third-order valence-corrected chi connectivity index (χ3v) is 2.62. The average molecular weight is 239 g/mol. The maximum atomic E-state index is 11.3. The molecule has 2 aromatic rings. The van der Waals surface area contributed by atoms with Crippen LogP contribution in [0.25, 0.3) is 10.8 Å². The Hall–Kier alpha value is -1.76. The third-order valence-electron chi connectivity index (χ3n) is 1.72. The number of carbonyl (C=O) groups is 1. The van der Waals surface area contributed by atoms with Gasteiger partial charge in [-0.25, -0.2) is 9.78 Å². The SMILES string of the molecule is CCOC(=O)c1noc(-c2cnc(C)s2)n1. The van der Waals surface area contributed by atoms with Crippen LogP contribution in [0, 0.1) is 6.92 Å². The molecule has 16 heavy (non-hydrogen) atoms. The molecular formula is C9H9N3O3S. The van der Waals surface area contributed by atoms with E-state index in [2.05, 4.69) is 15.1 Å². The Kier molecular flexibility index (Phi) is 2.95. The summed E-state index contributed by atoms with van der Waals surface area (Å²) in [6.07, 6.45) is 1.63. The number of nitrogens with zero attached hydrogens (tertiary/aromatic N) is 3. The van der Waals surface area contributed by atoms with E-state index < -0.39 is 5.97 Å². The molecule has 6 nitrogen and oxygen atoms in total. The molecule has 2 rings (SSSR count). The van der Waals surface area contributed by atoms with Gasteiger partial charge in [0.05, 0.1) is 17.8 Å². The first-order valence-electron chi connectivity index (χ1n) is 4.64. The molecule has 2 aromatic heterocycles. The predicted molar refractivity (Wildman–Crippen MR) is 56.1 cm³/mol. The van der Waals surface area contributed by atoms with E-state index in [-0.39, 0.29) is 18.3 Å². The molecule has 0 unspecified atom stereocenters. The first-order valence-corrected chi connectivity index (χ1v) is 5.46. The molecule has 0 aliphatic carbocycles. The maximum absolute atomic E-state index is 11.3. The highest BCUT2D eigenvalue weighted by Crippen LogP contribution is 2.23. The van der Waals surface area contributed by atoms with E-state index in [9.17, 15) is 4.79 Å². The summed E-state index contributed by atoms with van der Waals surface area (Å²) >= 11 is 1.42. The van der Waals surface area contributed by atoms with Crippen molar-refractivity contribution >= 4 is 17.3 Å². The standard InChI is InChI=1S/C9H9N3O3S/c1-3-14-9(13)7-11-8(15-12-7)6-4-10-5(2)16-6/h4H,3H2,1-2H3. The number of thiazole rings is 1. The summed E-state index contributed by atoms with van der Waals surface area (Å²) < 4.78 is 9.69. The molecule has 0 spiro atoms. The van der Waals surface area contributed by atoms with Crippen molar-refractivity contribution in [2.45, 2.75) is 13.8 Å². The van der Waals surface area contributed by atoms with Crippen LogP contribution in [0.4, 0.5) is 0 Å². The van der Waals surface area contributed by atoms with Crippen LogP contribution in [0.2, 0.25) is 0 Å². The van der Waals surface area contributed by atoms with Gasteiger partial charge < -0.3 is 9.26 Å². The minimum Gasteiger partial charge on any atom is -0.460 e. The molecule has 0 N–H and O–H groups in total. The summed E-state index contributed by atoms with van der Waals surface area (Å²) in [4.78, 5) is 20.0. The largest absolute Gasteiger partial charge is 0.460 e. The van der Waals surface area contributed by atoms with Gasteiger partial charge >= 0.3 is 5.97 Å². The van der Waals surface area contributed by atoms with Gasteiger partial charge in [-0.05, 0) is 19.0 Å². The van der Waals surface area contributed by atoms with Crippen LogP contribution < -0.4 is 0 Å². The quantitative estimate of drug-likeness (QED) is 0.758. The summed E-state index contributed by atoms with van der Waals surface area (Å²) in [5, 5.41) is 4.43. The fourth-order valence-corrected chi connectivity index (χ4v) is 1.76. The minimum atomic E-state index is -0.585. The summed E-state index contributed by atoms with van der Waals surface area (Å²) in [6, 6.07) is 0. The lowest BCUT2D eigenvalue weighted by molar-refractivity contribution is 0.0508. The van der Waals surface area contributed by atoms with Gasteiger partial charge in [0.1, 0.15) is 4.88 Å². The van der Waals surface area contributed by atoms with Crippen molar-refractivity contribution in [3.05, 3.63) is 17.0 Å². The number of hydrogen-bond donors (Lipinski definition) is 0. The molecule has 0 bridgehead atoms. The van der Waals surface area contributed by atoms with E-state index in [1.54, 1.807) is 13.1 Å². The first kappa shape index (κ1) is 10.7. The number of rotatable bonds is 3.